The zero-order valence-corrected chi connectivity index (χ0v) is 7.42. The average Bonchev–Trinajstić information content (AvgIpc) is 2.19. The van der Waals surface area contributed by atoms with Gasteiger partial charge in [-0.1, -0.05) is 0 Å². The van der Waals surface area contributed by atoms with Gasteiger partial charge in [-0.2, -0.15) is 5.26 Å². The number of methoxy groups -OCH3 is 1. The second-order valence-electron chi connectivity index (χ2n) is 2.47. The predicted molar refractivity (Wildman–Crippen MR) is 47.6 cm³/mol. The highest BCUT2D eigenvalue weighted by atomic mass is 19.2. The summed E-state index contributed by atoms with van der Waals surface area (Å²) in [4.78, 5) is 0. The Morgan fingerprint density at radius 1 is 1.36 bits per heavy atom. The van der Waals surface area contributed by atoms with Crippen molar-refractivity contribution < 1.29 is 13.5 Å². The van der Waals surface area contributed by atoms with Crippen LogP contribution in [-0.2, 0) is 0 Å². The van der Waals surface area contributed by atoms with Crippen LogP contribution in [0.2, 0.25) is 0 Å². The van der Waals surface area contributed by atoms with Crippen molar-refractivity contribution in [1.82, 2.24) is 0 Å². The molecule has 0 N–H and O–H groups in total. The quantitative estimate of drug-likeness (QED) is 0.679. The molecule has 0 aliphatic rings. The van der Waals surface area contributed by atoms with Crippen molar-refractivity contribution in [3.63, 3.8) is 0 Å². The summed E-state index contributed by atoms with van der Waals surface area (Å²) >= 11 is 0. The number of nitrogens with zero attached hydrogens (tertiary/aromatic N) is 1. The smallest absolute Gasteiger partial charge is 0.162 e. The molecule has 0 aliphatic heterocycles. The van der Waals surface area contributed by atoms with Crippen LogP contribution in [0.15, 0.2) is 18.2 Å². The Hall–Kier alpha value is -1.89. The fourth-order valence-electron chi connectivity index (χ4n) is 0.978. The van der Waals surface area contributed by atoms with Crippen LogP contribution in [0.1, 0.15) is 5.56 Å². The van der Waals surface area contributed by atoms with E-state index in [2.05, 4.69) is 0 Å². The highest BCUT2D eigenvalue weighted by Crippen LogP contribution is 2.23. The molecule has 0 radical (unpaired) electrons. The highest BCUT2D eigenvalue weighted by molar-refractivity contribution is 5.59. The first-order valence-corrected chi connectivity index (χ1v) is 3.78. The van der Waals surface area contributed by atoms with Crippen molar-refractivity contribution in [2.45, 2.75) is 0 Å². The number of allylic oxidation sites excluding steroid dienone is 1. The second kappa shape index (κ2) is 4.38. The Morgan fingerprint density at radius 2 is 2.00 bits per heavy atom. The topological polar surface area (TPSA) is 33.0 Å². The lowest BCUT2D eigenvalue weighted by Gasteiger charge is -2.04. The van der Waals surface area contributed by atoms with E-state index in [-0.39, 0.29) is 5.75 Å². The Morgan fingerprint density at radius 3 is 2.57 bits per heavy atom. The summed E-state index contributed by atoms with van der Waals surface area (Å²) in [5, 5.41) is 8.27. The van der Waals surface area contributed by atoms with E-state index in [4.69, 9.17) is 10.00 Å². The van der Waals surface area contributed by atoms with Crippen molar-refractivity contribution in [2.24, 2.45) is 0 Å². The molecule has 0 atom stereocenters. The maximum Gasteiger partial charge on any atom is 0.162 e. The lowest BCUT2D eigenvalue weighted by Crippen LogP contribution is -1.91. The van der Waals surface area contributed by atoms with E-state index >= 15 is 0 Å². The van der Waals surface area contributed by atoms with Gasteiger partial charge >= 0.3 is 0 Å². The molecule has 0 heterocycles. The molecular formula is C10H7F2NO. The fraction of sp³-hybridized carbons (Fsp3) is 0.100. The minimum absolute atomic E-state index is 0.190. The van der Waals surface area contributed by atoms with Crippen LogP contribution < -0.4 is 4.74 Å². The normalized spacial score (nSPS) is 10.1. The van der Waals surface area contributed by atoms with Gasteiger partial charge in [0.2, 0.25) is 0 Å². The molecule has 14 heavy (non-hydrogen) atoms. The van der Waals surface area contributed by atoms with Crippen molar-refractivity contribution in [2.75, 3.05) is 7.11 Å². The molecule has 0 aromatic heterocycles. The zero-order valence-electron chi connectivity index (χ0n) is 7.42. The first-order chi connectivity index (χ1) is 6.69. The van der Waals surface area contributed by atoms with Crippen molar-refractivity contribution in [1.29, 1.82) is 5.26 Å². The molecule has 0 saturated heterocycles. The standard InChI is InChI=1S/C10H7F2NO/c1-14-10-6-9(12)8(11)5-7(10)3-2-4-13/h2-3,5-6H,1H3. The van der Waals surface area contributed by atoms with Crippen LogP contribution in [0, 0.1) is 23.0 Å². The second-order valence-corrected chi connectivity index (χ2v) is 2.47. The fourth-order valence-corrected chi connectivity index (χ4v) is 0.978. The third kappa shape index (κ3) is 2.07. The third-order valence-corrected chi connectivity index (χ3v) is 1.61. The van der Waals surface area contributed by atoms with Gasteiger partial charge < -0.3 is 4.74 Å². The average molecular weight is 195 g/mol. The van der Waals surface area contributed by atoms with Crippen LogP contribution in [-0.4, -0.2) is 7.11 Å². The first kappa shape index (κ1) is 10.2. The molecule has 0 unspecified atom stereocenters. The van der Waals surface area contributed by atoms with Crippen LogP contribution in [0.3, 0.4) is 0 Å². The number of hydrogen-bond acceptors (Lipinski definition) is 2. The van der Waals surface area contributed by atoms with E-state index in [9.17, 15) is 8.78 Å². The molecule has 1 aromatic carbocycles. The maximum atomic E-state index is 12.8. The van der Waals surface area contributed by atoms with Crippen LogP contribution in [0.4, 0.5) is 8.78 Å². The van der Waals surface area contributed by atoms with Gasteiger partial charge in [0.05, 0.1) is 13.2 Å². The number of ether oxygens (including phenoxy) is 1. The molecule has 0 fully saturated rings. The van der Waals surface area contributed by atoms with E-state index in [1.807, 2.05) is 0 Å². The van der Waals surface area contributed by atoms with Gasteiger partial charge in [0.1, 0.15) is 5.75 Å². The highest BCUT2D eigenvalue weighted by Gasteiger charge is 2.07. The maximum absolute atomic E-state index is 12.8. The Kier molecular flexibility index (Phi) is 3.19. The van der Waals surface area contributed by atoms with Gasteiger partial charge in [0.25, 0.3) is 0 Å². The number of hydrogen-bond donors (Lipinski definition) is 0. The predicted octanol–water partition coefficient (Wildman–Crippen LogP) is 2.51. The van der Waals surface area contributed by atoms with E-state index in [0.29, 0.717) is 5.56 Å². The molecule has 0 saturated carbocycles. The summed E-state index contributed by atoms with van der Waals surface area (Å²) in [6.45, 7) is 0. The number of rotatable bonds is 2. The Balaban J connectivity index is 3.21. The summed E-state index contributed by atoms with van der Waals surface area (Å²) in [5.74, 6) is -1.75. The van der Waals surface area contributed by atoms with Gasteiger partial charge in [-0.15, -0.1) is 0 Å². The number of halogens is 2. The van der Waals surface area contributed by atoms with Crippen molar-refractivity contribution in [3.05, 3.63) is 35.4 Å². The molecule has 2 nitrogen and oxygen atoms in total. The lowest BCUT2D eigenvalue weighted by molar-refractivity contribution is 0.405. The summed E-state index contributed by atoms with van der Waals surface area (Å²) in [5.41, 5.74) is 0.327. The third-order valence-electron chi connectivity index (χ3n) is 1.61. The molecule has 0 bridgehead atoms. The molecule has 0 aliphatic carbocycles. The summed E-state index contributed by atoms with van der Waals surface area (Å²) in [7, 11) is 1.34. The van der Waals surface area contributed by atoms with Crippen LogP contribution >= 0.6 is 0 Å². The Labute approximate surface area is 80.0 Å². The van der Waals surface area contributed by atoms with Gasteiger partial charge in [-0.05, 0) is 12.1 Å². The minimum atomic E-state index is -0.976. The zero-order chi connectivity index (χ0) is 10.6. The molecule has 1 rings (SSSR count). The summed E-state index contributed by atoms with van der Waals surface area (Å²) < 4.78 is 30.3. The van der Waals surface area contributed by atoms with Crippen LogP contribution in [0.5, 0.6) is 5.75 Å². The number of benzene rings is 1. The molecule has 72 valence electrons. The van der Waals surface area contributed by atoms with Gasteiger partial charge in [0.15, 0.2) is 11.6 Å². The van der Waals surface area contributed by atoms with Crippen LogP contribution in [0.25, 0.3) is 6.08 Å². The molecule has 1 aromatic rings. The SMILES string of the molecule is COc1cc(F)c(F)cc1C=CC#N. The molecule has 0 spiro atoms. The molecule has 4 heteroatoms. The van der Waals surface area contributed by atoms with Crippen molar-refractivity contribution in [3.8, 4) is 11.8 Å². The van der Waals surface area contributed by atoms with E-state index in [0.717, 1.165) is 18.2 Å². The molecule has 0 amide bonds. The monoisotopic (exact) mass is 195 g/mol. The van der Waals surface area contributed by atoms with E-state index in [1.54, 1.807) is 6.07 Å². The Bertz CT molecular complexity index is 407. The van der Waals surface area contributed by atoms with Gasteiger partial charge in [-0.25, -0.2) is 8.78 Å². The van der Waals surface area contributed by atoms with Crippen molar-refractivity contribution >= 4 is 6.08 Å². The lowest BCUT2D eigenvalue weighted by atomic mass is 10.1. The van der Waals surface area contributed by atoms with E-state index < -0.39 is 11.6 Å². The van der Waals surface area contributed by atoms with Gasteiger partial charge in [0, 0.05) is 17.7 Å². The first-order valence-electron chi connectivity index (χ1n) is 3.78. The molecular weight excluding hydrogens is 188 g/mol. The van der Waals surface area contributed by atoms with E-state index in [1.165, 1.54) is 13.2 Å². The number of nitriles is 1. The largest absolute Gasteiger partial charge is 0.496 e. The van der Waals surface area contributed by atoms with Gasteiger partial charge in [-0.3, -0.25) is 0 Å². The minimum Gasteiger partial charge on any atom is -0.496 e. The summed E-state index contributed by atoms with van der Waals surface area (Å²) in [6.07, 6.45) is 2.51. The summed E-state index contributed by atoms with van der Waals surface area (Å²) in [6, 6.07) is 3.66.